The highest BCUT2D eigenvalue weighted by Crippen LogP contribution is 2.14. The number of hydrogen-bond donors (Lipinski definition) is 0. The van der Waals surface area contributed by atoms with Crippen molar-refractivity contribution in [3.05, 3.63) is 50.4 Å². The maximum absolute atomic E-state index is 11.8. The van der Waals surface area contributed by atoms with Gasteiger partial charge >= 0.3 is 0 Å². The zero-order chi connectivity index (χ0) is 11.5. The first-order chi connectivity index (χ1) is 7.65. The highest BCUT2D eigenvalue weighted by Gasteiger charge is 2.09. The Morgan fingerprint density at radius 2 is 2.06 bits per heavy atom. The number of aryl methyl sites for hydroxylation is 1. The lowest BCUT2D eigenvalue weighted by Gasteiger charge is -1.98. The highest BCUT2D eigenvalue weighted by atomic mass is 79.9. The van der Waals surface area contributed by atoms with Gasteiger partial charge in [0.25, 0.3) is 0 Å². The molecule has 82 valence electrons. The number of hydrogen-bond acceptors (Lipinski definition) is 3. The SMILES string of the molecule is Cc1nc(C(=O)Cc2ccc(Br)cc2)cs1. The van der Waals surface area contributed by atoms with Crippen molar-refractivity contribution in [3.8, 4) is 0 Å². The Balaban J connectivity index is 2.10. The summed E-state index contributed by atoms with van der Waals surface area (Å²) in [7, 11) is 0. The van der Waals surface area contributed by atoms with Crippen molar-refractivity contribution >= 4 is 33.0 Å². The number of Topliss-reactive ketones (excluding diaryl/α,β-unsaturated/α-hetero) is 1. The summed E-state index contributed by atoms with van der Waals surface area (Å²) in [6.07, 6.45) is 0.413. The number of carbonyl (C=O) groups is 1. The molecule has 2 rings (SSSR count). The molecule has 0 N–H and O–H groups in total. The van der Waals surface area contributed by atoms with Crippen molar-refractivity contribution in [2.75, 3.05) is 0 Å². The molecule has 0 saturated heterocycles. The van der Waals surface area contributed by atoms with Crippen LogP contribution in [0.25, 0.3) is 0 Å². The molecule has 0 radical (unpaired) electrons. The third kappa shape index (κ3) is 2.77. The molecule has 1 aromatic heterocycles. The average molecular weight is 296 g/mol. The molecule has 0 aliphatic rings. The Bertz CT molecular complexity index is 504. The molecule has 0 amide bonds. The van der Waals surface area contributed by atoms with E-state index >= 15 is 0 Å². The average Bonchev–Trinajstić information content (AvgIpc) is 2.68. The van der Waals surface area contributed by atoms with E-state index in [0.29, 0.717) is 12.1 Å². The molecule has 2 aromatic rings. The maximum atomic E-state index is 11.8. The normalized spacial score (nSPS) is 10.4. The van der Waals surface area contributed by atoms with Gasteiger partial charge in [-0.3, -0.25) is 4.79 Å². The van der Waals surface area contributed by atoms with Crippen LogP contribution in [-0.2, 0) is 6.42 Å². The minimum absolute atomic E-state index is 0.0756. The lowest BCUT2D eigenvalue weighted by atomic mass is 10.1. The number of thiazole rings is 1. The number of ketones is 1. The molecule has 0 bridgehead atoms. The summed E-state index contributed by atoms with van der Waals surface area (Å²) < 4.78 is 1.02. The molecule has 2 nitrogen and oxygen atoms in total. The summed E-state index contributed by atoms with van der Waals surface area (Å²) in [5.74, 6) is 0.0756. The van der Waals surface area contributed by atoms with Crippen LogP contribution in [0.2, 0.25) is 0 Å². The van der Waals surface area contributed by atoms with Crippen molar-refractivity contribution in [1.29, 1.82) is 0 Å². The molecule has 0 unspecified atom stereocenters. The van der Waals surface area contributed by atoms with Crippen molar-refractivity contribution < 1.29 is 4.79 Å². The quantitative estimate of drug-likeness (QED) is 0.809. The second kappa shape index (κ2) is 4.89. The first-order valence-electron chi connectivity index (χ1n) is 4.85. The van der Waals surface area contributed by atoms with Crippen LogP contribution in [0, 0.1) is 6.92 Å². The van der Waals surface area contributed by atoms with Crippen LogP contribution >= 0.6 is 27.3 Å². The summed E-state index contributed by atoms with van der Waals surface area (Å²) in [5.41, 5.74) is 1.59. The molecule has 0 aliphatic carbocycles. The van der Waals surface area contributed by atoms with Gasteiger partial charge in [0.15, 0.2) is 5.78 Å². The zero-order valence-corrected chi connectivity index (χ0v) is 11.1. The smallest absolute Gasteiger partial charge is 0.186 e. The van der Waals surface area contributed by atoms with Crippen LogP contribution in [0.4, 0.5) is 0 Å². The summed E-state index contributed by atoms with van der Waals surface area (Å²) in [6, 6.07) is 7.77. The summed E-state index contributed by atoms with van der Waals surface area (Å²) >= 11 is 4.87. The summed E-state index contributed by atoms with van der Waals surface area (Å²) in [5, 5.41) is 2.75. The lowest BCUT2D eigenvalue weighted by molar-refractivity contribution is 0.0989. The maximum Gasteiger partial charge on any atom is 0.186 e. The molecule has 4 heteroatoms. The lowest BCUT2D eigenvalue weighted by Crippen LogP contribution is -2.03. The molecule has 1 aromatic carbocycles. The number of halogens is 1. The molecule has 0 saturated carbocycles. The van der Waals surface area contributed by atoms with Crippen LogP contribution in [0.1, 0.15) is 21.1 Å². The van der Waals surface area contributed by atoms with Crippen LogP contribution < -0.4 is 0 Å². The fourth-order valence-electron chi connectivity index (χ4n) is 1.37. The Morgan fingerprint density at radius 1 is 1.38 bits per heavy atom. The predicted octanol–water partition coefficient (Wildman–Crippen LogP) is 3.64. The first-order valence-corrected chi connectivity index (χ1v) is 6.52. The minimum atomic E-state index is 0.0756. The van der Waals surface area contributed by atoms with E-state index in [2.05, 4.69) is 20.9 Å². The third-order valence-corrected chi connectivity index (χ3v) is 3.48. The number of aromatic nitrogens is 1. The Hall–Kier alpha value is -1.00. The predicted molar refractivity (Wildman–Crippen MR) is 69.0 cm³/mol. The second-order valence-corrected chi connectivity index (χ2v) is 5.46. The van der Waals surface area contributed by atoms with Crippen LogP contribution in [0.3, 0.4) is 0 Å². The molecule has 0 aliphatic heterocycles. The molecule has 0 fully saturated rings. The van der Waals surface area contributed by atoms with Gasteiger partial charge in [-0.05, 0) is 24.6 Å². The van der Waals surface area contributed by atoms with Crippen molar-refractivity contribution in [1.82, 2.24) is 4.98 Å². The Labute approximate surface area is 106 Å². The van der Waals surface area contributed by atoms with Gasteiger partial charge in [0.05, 0.1) is 5.01 Å². The van der Waals surface area contributed by atoms with Gasteiger partial charge in [-0.1, -0.05) is 28.1 Å². The number of rotatable bonds is 3. The van der Waals surface area contributed by atoms with E-state index in [1.165, 1.54) is 11.3 Å². The first kappa shape index (κ1) is 11.5. The van der Waals surface area contributed by atoms with Gasteiger partial charge < -0.3 is 0 Å². The van der Waals surface area contributed by atoms with E-state index in [9.17, 15) is 4.79 Å². The molecular formula is C12H10BrNOS. The van der Waals surface area contributed by atoms with Crippen molar-refractivity contribution in [2.24, 2.45) is 0 Å². The molecule has 0 spiro atoms. The van der Waals surface area contributed by atoms with Gasteiger partial charge in [-0.2, -0.15) is 0 Å². The summed E-state index contributed by atoms with van der Waals surface area (Å²) in [4.78, 5) is 16.0. The Morgan fingerprint density at radius 3 is 2.62 bits per heavy atom. The highest BCUT2D eigenvalue weighted by molar-refractivity contribution is 9.10. The second-order valence-electron chi connectivity index (χ2n) is 3.48. The van der Waals surface area contributed by atoms with Gasteiger partial charge in [-0.25, -0.2) is 4.98 Å². The van der Waals surface area contributed by atoms with Crippen molar-refractivity contribution in [2.45, 2.75) is 13.3 Å². The number of benzene rings is 1. The van der Waals surface area contributed by atoms with E-state index in [4.69, 9.17) is 0 Å². The van der Waals surface area contributed by atoms with E-state index in [0.717, 1.165) is 15.0 Å². The molecule has 1 heterocycles. The monoisotopic (exact) mass is 295 g/mol. The van der Waals surface area contributed by atoms with E-state index < -0.39 is 0 Å². The van der Waals surface area contributed by atoms with Crippen LogP contribution in [-0.4, -0.2) is 10.8 Å². The van der Waals surface area contributed by atoms with E-state index in [-0.39, 0.29) is 5.78 Å². The fraction of sp³-hybridized carbons (Fsp3) is 0.167. The molecule has 16 heavy (non-hydrogen) atoms. The minimum Gasteiger partial charge on any atom is -0.292 e. The van der Waals surface area contributed by atoms with Gasteiger partial charge in [0.1, 0.15) is 5.69 Å². The third-order valence-electron chi connectivity index (χ3n) is 2.18. The summed E-state index contributed by atoms with van der Waals surface area (Å²) in [6.45, 7) is 1.90. The number of nitrogens with zero attached hydrogens (tertiary/aromatic N) is 1. The topological polar surface area (TPSA) is 30.0 Å². The Kier molecular flexibility index (Phi) is 3.51. The van der Waals surface area contributed by atoms with Crippen LogP contribution in [0.15, 0.2) is 34.1 Å². The van der Waals surface area contributed by atoms with E-state index in [1.807, 2.05) is 36.6 Å². The van der Waals surface area contributed by atoms with E-state index in [1.54, 1.807) is 0 Å². The largest absolute Gasteiger partial charge is 0.292 e. The van der Waals surface area contributed by atoms with Gasteiger partial charge in [0.2, 0.25) is 0 Å². The standard InChI is InChI=1S/C12H10BrNOS/c1-8-14-11(7-16-8)12(15)6-9-2-4-10(13)5-3-9/h2-5,7H,6H2,1H3. The number of carbonyl (C=O) groups excluding carboxylic acids is 1. The van der Waals surface area contributed by atoms with Crippen LogP contribution in [0.5, 0.6) is 0 Å². The fourth-order valence-corrected chi connectivity index (χ4v) is 2.25. The molecular weight excluding hydrogens is 286 g/mol. The van der Waals surface area contributed by atoms with Gasteiger partial charge in [-0.15, -0.1) is 11.3 Å². The molecule has 0 atom stereocenters. The zero-order valence-electron chi connectivity index (χ0n) is 8.74. The van der Waals surface area contributed by atoms with Gasteiger partial charge in [0, 0.05) is 16.3 Å². The van der Waals surface area contributed by atoms with Crippen molar-refractivity contribution in [3.63, 3.8) is 0 Å².